The molecule has 0 saturated carbocycles. The maximum Gasteiger partial charge on any atom is 0.119 e. The summed E-state index contributed by atoms with van der Waals surface area (Å²) in [6.07, 6.45) is 3.53. The molecule has 1 atom stereocenters. The van der Waals surface area contributed by atoms with E-state index in [0.29, 0.717) is 6.04 Å². The Morgan fingerprint density at radius 3 is 2.29 bits per heavy atom. The van der Waals surface area contributed by atoms with Crippen molar-refractivity contribution in [3.63, 3.8) is 0 Å². The highest BCUT2D eigenvalue weighted by atomic mass is 16.5. The van der Waals surface area contributed by atoms with Crippen molar-refractivity contribution in [3.05, 3.63) is 30.3 Å². The zero-order valence-electron chi connectivity index (χ0n) is 11.3. The molecule has 1 aromatic carbocycles. The van der Waals surface area contributed by atoms with Gasteiger partial charge in [-0.1, -0.05) is 44.9 Å². The van der Waals surface area contributed by atoms with Crippen LogP contribution in [0.25, 0.3) is 0 Å². The van der Waals surface area contributed by atoms with E-state index in [9.17, 15) is 0 Å². The lowest BCUT2D eigenvalue weighted by atomic mass is 9.92. The number of rotatable bonds is 8. The molecule has 0 fully saturated rings. The molecule has 0 bridgehead atoms. The maximum atomic E-state index is 5.74. The van der Waals surface area contributed by atoms with Crippen molar-refractivity contribution in [2.45, 2.75) is 39.2 Å². The van der Waals surface area contributed by atoms with Crippen LogP contribution in [0.3, 0.4) is 0 Å². The van der Waals surface area contributed by atoms with Gasteiger partial charge in [0.25, 0.3) is 0 Å². The zero-order chi connectivity index (χ0) is 12.5. The van der Waals surface area contributed by atoms with Gasteiger partial charge in [-0.3, -0.25) is 0 Å². The lowest BCUT2D eigenvalue weighted by Crippen LogP contribution is -2.34. The van der Waals surface area contributed by atoms with Crippen LogP contribution >= 0.6 is 0 Å². The van der Waals surface area contributed by atoms with Crippen LogP contribution in [0.5, 0.6) is 5.75 Å². The normalized spacial score (nSPS) is 12.7. The van der Waals surface area contributed by atoms with E-state index >= 15 is 0 Å². The van der Waals surface area contributed by atoms with Crippen molar-refractivity contribution in [3.8, 4) is 5.75 Å². The van der Waals surface area contributed by atoms with Gasteiger partial charge in [-0.15, -0.1) is 0 Å². The summed E-state index contributed by atoms with van der Waals surface area (Å²) in [5, 5.41) is 3.41. The molecule has 1 rings (SSSR count). The number of nitrogens with one attached hydrogen (secondary N) is 1. The fourth-order valence-corrected chi connectivity index (χ4v) is 2.29. The highest BCUT2D eigenvalue weighted by molar-refractivity contribution is 5.20. The Hall–Kier alpha value is -1.02. The molecule has 0 radical (unpaired) electrons. The van der Waals surface area contributed by atoms with Gasteiger partial charge >= 0.3 is 0 Å². The first-order valence-corrected chi connectivity index (χ1v) is 6.66. The first kappa shape index (κ1) is 14.0. The van der Waals surface area contributed by atoms with Crippen LogP contribution in [-0.2, 0) is 0 Å². The topological polar surface area (TPSA) is 21.3 Å². The van der Waals surface area contributed by atoms with E-state index in [1.807, 2.05) is 37.4 Å². The zero-order valence-corrected chi connectivity index (χ0v) is 11.3. The maximum absolute atomic E-state index is 5.74. The van der Waals surface area contributed by atoms with Gasteiger partial charge < -0.3 is 10.1 Å². The summed E-state index contributed by atoms with van der Waals surface area (Å²) in [5.41, 5.74) is 0. The smallest absolute Gasteiger partial charge is 0.119 e. The van der Waals surface area contributed by atoms with E-state index in [1.165, 1.54) is 12.8 Å². The molecule has 1 N–H and O–H groups in total. The number of hydrogen-bond donors (Lipinski definition) is 1. The fourth-order valence-electron chi connectivity index (χ4n) is 2.29. The number of hydrogen-bond acceptors (Lipinski definition) is 2. The Bertz CT molecular complexity index is 282. The van der Waals surface area contributed by atoms with Crippen molar-refractivity contribution in [1.82, 2.24) is 5.32 Å². The highest BCUT2D eigenvalue weighted by Gasteiger charge is 2.16. The quantitative estimate of drug-likeness (QED) is 0.745. The molecule has 1 aromatic rings. The predicted molar refractivity (Wildman–Crippen MR) is 73.5 cm³/mol. The van der Waals surface area contributed by atoms with E-state index in [0.717, 1.165) is 24.7 Å². The molecule has 0 aliphatic heterocycles. The number of para-hydroxylation sites is 1. The Kier molecular flexibility index (Phi) is 6.71. The standard InChI is InChI=1S/C15H25NO/c1-4-13(5-2)15(16-3)11-12-17-14-9-7-6-8-10-14/h6-10,13,15-16H,4-5,11-12H2,1-3H3. The van der Waals surface area contributed by atoms with Gasteiger partial charge in [0, 0.05) is 6.04 Å². The minimum Gasteiger partial charge on any atom is -0.494 e. The van der Waals surface area contributed by atoms with Crippen LogP contribution in [0.15, 0.2) is 30.3 Å². The molecule has 0 spiro atoms. The van der Waals surface area contributed by atoms with Crippen LogP contribution in [0.4, 0.5) is 0 Å². The lowest BCUT2D eigenvalue weighted by Gasteiger charge is -2.24. The third-order valence-electron chi connectivity index (χ3n) is 3.43. The predicted octanol–water partition coefficient (Wildman–Crippen LogP) is 3.48. The van der Waals surface area contributed by atoms with Gasteiger partial charge in [0.05, 0.1) is 6.61 Å². The van der Waals surface area contributed by atoms with Crippen molar-refractivity contribution in [2.75, 3.05) is 13.7 Å². The summed E-state index contributed by atoms with van der Waals surface area (Å²) in [7, 11) is 2.05. The average Bonchev–Trinajstić information content (AvgIpc) is 2.39. The van der Waals surface area contributed by atoms with Gasteiger partial charge in [0.2, 0.25) is 0 Å². The minimum atomic E-state index is 0.564. The van der Waals surface area contributed by atoms with Gasteiger partial charge in [-0.05, 0) is 31.5 Å². The first-order chi connectivity index (χ1) is 8.31. The first-order valence-electron chi connectivity index (χ1n) is 6.66. The molecule has 17 heavy (non-hydrogen) atoms. The van der Waals surface area contributed by atoms with Gasteiger partial charge in [0.1, 0.15) is 5.75 Å². The highest BCUT2D eigenvalue weighted by Crippen LogP contribution is 2.16. The summed E-state index contributed by atoms with van der Waals surface area (Å²) in [5.74, 6) is 1.71. The Morgan fingerprint density at radius 2 is 1.76 bits per heavy atom. The second kappa shape index (κ2) is 8.13. The molecule has 1 unspecified atom stereocenters. The molecule has 0 amide bonds. The van der Waals surface area contributed by atoms with Crippen molar-refractivity contribution < 1.29 is 4.74 Å². The third kappa shape index (κ3) is 4.78. The van der Waals surface area contributed by atoms with Crippen LogP contribution in [0, 0.1) is 5.92 Å². The molecular formula is C15H25NO. The second-order valence-corrected chi connectivity index (χ2v) is 4.42. The largest absolute Gasteiger partial charge is 0.494 e. The fraction of sp³-hybridized carbons (Fsp3) is 0.600. The van der Waals surface area contributed by atoms with Gasteiger partial charge in [0.15, 0.2) is 0 Å². The number of ether oxygens (including phenoxy) is 1. The van der Waals surface area contributed by atoms with E-state index in [1.54, 1.807) is 0 Å². The second-order valence-electron chi connectivity index (χ2n) is 4.42. The summed E-state index contributed by atoms with van der Waals surface area (Å²) >= 11 is 0. The Morgan fingerprint density at radius 1 is 1.12 bits per heavy atom. The molecule has 0 aliphatic rings. The lowest BCUT2D eigenvalue weighted by molar-refractivity contribution is 0.250. The molecule has 0 aliphatic carbocycles. The summed E-state index contributed by atoms with van der Waals surface area (Å²) < 4.78 is 5.74. The monoisotopic (exact) mass is 235 g/mol. The average molecular weight is 235 g/mol. The van der Waals surface area contributed by atoms with E-state index in [4.69, 9.17) is 4.74 Å². The summed E-state index contributed by atoms with van der Waals surface area (Å²) in [6, 6.07) is 10.6. The van der Waals surface area contributed by atoms with Crippen molar-refractivity contribution >= 4 is 0 Å². The molecular weight excluding hydrogens is 210 g/mol. The van der Waals surface area contributed by atoms with Crippen LogP contribution in [0.2, 0.25) is 0 Å². The molecule has 96 valence electrons. The Balaban J connectivity index is 2.33. The van der Waals surface area contributed by atoms with Crippen LogP contribution < -0.4 is 10.1 Å². The van der Waals surface area contributed by atoms with Crippen molar-refractivity contribution in [2.24, 2.45) is 5.92 Å². The third-order valence-corrected chi connectivity index (χ3v) is 3.43. The minimum absolute atomic E-state index is 0.564. The van der Waals surface area contributed by atoms with Crippen LogP contribution in [-0.4, -0.2) is 19.7 Å². The Labute approximate surface area is 105 Å². The molecule has 0 aromatic heterocycles. The van der Waals surface area contributed by atoms with Crippen molar-refractivity contribution in [1.29, 1.82) is 0 Å². The summed E-state index contributed by atoms with van der Waals surface area (Å²) in [4.78, 5) is 0. The van der Waals surface area contributed by atoms with E-state index in [2.05, 4.69) is 19.2 Å². The van der Waals surface area contributed by atoms with E-state index < -0.39 is 0 Å². The number of benzene rings is 1. The molecule has 2 nitrogen and oxygen atoms in total. The summed E-state index contributed by atoms with van der Waals surface area (Å²) in [6.45, 7) is 5.30. The van der Waals surface area contributed by atoms with E-state index in [-0.39, 0.29) is 0 Å². The van der Waals surface area contributed by atoms with Gasteiger partial charge in [-0.25, -0.2) is 0 Å². The van der Waals surface area contributed by atoms with Crippen LogP contribution in [0.1, 0.15) is 33.1 Å². The van der Waals surface area contributed by atoms with Gasteiger partial charge in [-0.2, -0.15) is 0 Å². The SMILES string of the molecule is CCC(CC)C(CCOc1ccccc1)NC. The molecule has 2 heteroatoms. The molecule has 0 saturated heterocycles. The molecule has 0 heterocycles.